The van der Waals surface area contributed by atoms with Crippen LogP contribution in [0.2, 0.25) is 0 Å². The molecule has 0 radical (unpaired) electrons. The highest BCUT2D eigenvalue weighted by atomic mass is 16.6. The molecule has 116 valence electrons. The number of amides is 1. The van der Waals surface area contributed by atoms with Gasteiger partial charge in [0.15, 0.2) is 0 Å². The third-order valence-electron chi connectivity index (χ3n) is 5.15. The second kappa shape index (κ2) is 7.33. The van der Waals surface area contributed by atoms with Crippen molar-refractivity contribution in [3.63, 3.8) is 0 Å². The summed E-state index contributed by atoms with van der Waals surface area (Å²) in [5, 5.41) is 3.08. The first kappa shape index (κ1) is 15.7. The summed E-state index contributed by atoms with van der Waals surface area (Å²) in [4.78, 5) is 12.1. The van der Waals surface area contributed by atoms with E-state index in [1.807, 2.05) is 0 Å². The normalized spacial score (nSPS) is 32.1. The second-order valence-corrected chi connectivity index (χ2v) is 7.25. The van der Waals surface area contributed by atoms with Crippen molar-refractivity contribution in [3.05, 3.63) is 0 Å². The van der Waals surface area contributed by atoms with Crippen LogP contribution in [-0.4, -0.2) is 18.2 Å². The van der Waals surface area contributed by atoms with Gasteiger partial charge in [0, 0.05) is 6.04 Å². The molecule has 2 aliphatic carbocycles. The standard InChI is InChI=1S/C17H31NO2/c1-12(2)15-10-9-13(3)11-16(15)20-17(19)18-14-7-5-4-6-8-14/h12-16H,4-11H2,1-3H3,(H,18,19)/t13-,15+,16+/m0/s1. The summed E-state index contributed by atoms with van der Waals surface area (Å²) in [7, 11) is 0. The molecule has 0 aromatic rings. The van der Waals surface area contributed by atoms with Crippen molar-refractivity contribution in [1.29, 1.82) is 0 Å². The Balaban J connectivity index is 1.83. The minimum atomic E-state index is -0.179. The van der Waals surface area contributed by atoms with E-state index in [1.54, 1.807) is 0 Å². The van der Waals surface area contributed by atoms with E-state index in [-0.39, 0.29) is 12.2 Å². The van der Waals surface area contributed by atoms with Crippen LogP contribution in [0.3, 0.4) is 0 Å². The highest BCUT2D eigenvalue weighted by Crippen LogP contribution is 2.35. The van der Waals surface area contributed by atoms with Crippen LogP contribution in [0.4, 0.5) is 4.79 Å². The molecule has 2 saturated carbocycles. The van der Waals surface area contributed by atoms with Gasteiger partial charge in [-0.15, -0.1) is 0 Å². The van der Waals surface area contributed by atoms with Gasteiger partial charge in [0.2, 0.25) is 0 Å². The van der Waals surface area contributed by atoms with Gasteiger partial charge in [0.25, 0.3) is 0 Å². The highest BCUT2D eigenvalue weighted by molar-refractivity contribution is 5.67. The van der Waals surface area contributed by atoms with Gasteiger partial charge in [-0.25, -0.2) is 4.79 Å². The van der Waals surface area contributed by atoms with Crippen molar-refractivity contribution in [2.24, 2.45) is 17.8 Å². The Morgan fingerprint density at radius 2 is 1.80 bits per heavy atom. The van der Waals surface area contributed by atoms with Crippen molar-refractivity contribution in [2.75, 3.05) is 0 Å². The molecule has 3 nitrogen and oxygen atoms in total. The summed E-state index contributed by atoms with van der Waals surface area (Å²) >= 11 is 0. The lowest BCUT2D eigenvalue weighted by molar-refractivity contribution is 0.00447. The van der Waals surface area contributed by atoms with E-state index < -0.39 is 0 Å². The Kier molecular flexibility index (Phi) is 5.74. The van der Waals surface area contributed by atoms with E-state index in [9.17, 15) is 4.79 Å². The maximum absolute atomic E-state index is 12.1. The van der Waals surface area contributed by atoms with Crippen molar-refractivity contribution in [2.45, 2.75) is 84.3 Å². The highest BCUT2D eigenvalue weighted by Gasteiger charge is 2.33. The number of carbonyl (C=O) groups excluding carboxylic acids is 1. The third kappa shape index (κ3) is 4.39. The van der Waals surface area contributed by atoms with Gasteiger partial charge >= 0.3 is 6.09 Å². The number of alkyl carbamates (subject to hydrolysis) is 1. The van der Waals surface area contributed by atoms with Crippen LogP contribution in [0.1, 0.15) is 72.1 Å². The Hall–Kier alpha value is -0.730. The minimum Gasteiger partial charge on any atom is -0.446 e. The predicted octanol–water partition coefficient (Wildman–Crippen LogP) is 4.51. The maximum Gasteiger partial charge on any atom is 0.407 e. The van der Waals surface area contributed by atoms with Gasteiger partial charge < -0.3 is 10.1 Å². The zero-order valence-corrected chi connectivity index (χ0v) is 13.4. The number of ether oxygens (including phenoxy) is 1. The first-order valence-corrected chi connectivity index (χ1v) is 8.53. The summed E-state index contributed by atoms with van der Waals surface area (Å²) in [5.74, 6) is 1.80. The fourth-order valence-electron chi connectivity index (χ4n) is 3.84. The monoisotopic (exact) mass is 281 g/mol. The third-order valence-corrected chi connectivity index (χ3v) is 5.15. The van der Waals surface area contributed by atoms with Gasteiger partial charge in [0.1, 0.15) is 6.10 Å². The van der Waals surface area contributed by atoms with Crippen molar-refractivity contribution < 1.29 is 9.53 Å². The molecule has 0 heterocycles. The molecule has 0 spiro atoms. The van der Waals surface area contributed by atoms with E-state index >= 15 is 0 Å². The van der Waals surface area contributed by atoms with Crippen molar-refractivity contribution >= 4 is 6.09 Å². The van der Waals surface area contributed by atoms with Crippen LogP contribution < -0.4 is 5.32 Å². The van der Waals surface area contributed by atoms with Crippen LogP contribution in [0, 0.1) is 17.8 Å². The maximum atomic E-state index is 12.1. The fraction of sp³-hybridized carbons (Fsp3) is 0.941. The number of nitrogens with one attached hydrogen (secondary N) is 1. The fourth-order valence-corrected chi connectivity index (χ4v) is 3.84. The Bertz CT molecular complexity index is 310. The molecule has 2 aliphatic rings. The van der Waals surface area contributed by atoms with E-state index in [0.717, 1.165) is 19.3 Å². The van der Waals surface area contributed by atoms with Gasteiger partial charge in [-0.3, -0.25) is 0 Å². The molecular weight excluding hydrogens is 250 g/mol. The minimum absolute atomic E-state index is 0.113. The summed E-state index contributed by atoms with van der Waals surface area (Å²) in [6, 6.07) is 0.342. The van der Waals surface area contributed by atoms with Crippen LogP contribution in [0.25, 0.3) is 0 Å². The van der Waals surface area contributed by atoms with Gasteiger partial charge in [-0.1, -0.05) is 46.5 Å². The number of rotatable bonds is 3. The molecule has 2 rings (SSSR count). The molecule has 0 aliphatic heterocycles. The average molecular weight is 281 g/mol. The second-order valence-electron chi connectivity index (χ2n) is 7.25. The predicted molar refractivity (Wildman–Crippen MR) is 81.6 cm³/mol. The lowest BCUT2D eigenvalue weighted by Crippen LogP contribution is -2.42. The quantitative estimate of drug-likeness (QED) is 0.826. The molecule has 0 saturated heterocycles. The number of hydrogen-bond acceptors (Lipinski definition) is 2. The van der Waals surface area contributed by atoms with E-state index in [1.165, 1.54) is 32.1 Å². The zero-order valence-electron chi connectivity index (χ0n) is 13.4. The molecule has 0 bridgehead atoms. The molecule has 1 N–H and O–H groups in total. The topological polar surface area (TPSA) is 38.3 Å². The molecule has 0 aromatic carbocycles. The molecule has 3 heteroatoms. The van der Waals surface area contributed by atoms with Crippen LogP contribution in [0.5, 0.6) is 0 Å². The summed E-state index contributed by atoms with van der Waals surface area (Å²) < 4.78 is 5.79. The first-order chi connectivity index (χ1) is 9.56. The number of carbonyl (C=O) groups is 1. The van der Waals surface area contributed by atoms with E-state index in [4.69, 9.17) is 4.74 Å². The van der Waals surface area contributed by atoms with Crippen molar-refractivity contribution in [1.82, 2.24) is 5.32 Å². The molecule has 20 heavy (non-hydrogen) atoms. The largest absolute Gasteiger partial charge is 0.446 e. The van der Waals surface area contributed by atoms with Gasteiger partial charge in [0.05, 0.1) is 0 Å². The van der Waals surface area contributed by atoms with Crippen LogP contribution in [-0.2, 0) is 4.74 Å². The molecule has 3 atom stereocenters. The van der Waals surface area contributed by atoms with Crippen LogP contribution in [0.15, 0.2) is 0 Å². The average Bonchev–Trinajstić information content (AvgIpc) is 2.39. The smallest absolute Gasteiger partial charge is 0.407 e. The molecule has 2 fully saturated rings. The van der Waals surface area contributed by atoms with Gasteiger partial charge in [-0.2, -0.15) is 0 Å². The first-order valence-electron chi connectivity index (χ1n) is 8.53. The molecule has 0 aromatic heterocycles. The molecular formula is C17H31NO2. The lowest BCUT2D eigenvalue weighted by Gasteiger charge is -2.37. The SMILES string of the molecule is CC(C)[C@H]1CC[C@H](C)C[C@H]1OC(=O)NC1CCCCC1. The summed E-state index contributed by atoms with van der Waals surface area (Å²) in [5.41, 5.74) is 0. The van der Waals surface area contributed by atoms with Crippen LogP contribution >= 0.6 is 0 Å². The summed E-state index contributed by atoms with van der Waals surface area (Å²) in [6.45, 7) is 6.76. The molecule has 1 amide bonds. The Morgan fingerprint density at radius 3 is 2.45 bits per heavy atom. The molecule has 0 unspecified atom stereocenters. The number of hydrogen-bond donors (Lipinski definition) is 1. The van der Waals surface area contributed by atoms with Crippen molar-refractivity contribution in [3.8, 4) is 0 Å². The zero-order chi connectivity index (χ0) is 14.5. The summed E-state index contributed by atoms with van der Waals surface area (Å²) in [6.07, 6.45) is 9.44. The Labute approximate surface area is 123 Å². The Morgan fingerprint density at radius 1 is 1.10 bits per heavy atom. The lowest BCUT2D eigenvalue weighted by atomic mass is 9.75. The van der Waals surface area contributed by atoms with E-state index in [2.05, 4.69) is 26.1 Å². The van der Waals surface area contributed by atoms with E-state index in [0.29, 0.717) is 23.8 Å². The van der Waals surface area contributed by atoms with Gasteiger partial charge in [-0.05, 0) is 43.4 Å².